The van der Waals surface area contributed by atoms with Crippen molar-refractivity contribution in [3.05, 3.63) is 77.4 Å². The summed E-state index contributed by atoms with van der Waals surface area (Å²) in [6.07, 6.45) is 2.09. The molecule has 2 saturated carbocycles. The molecule has 2 aliphatic rings. The lowest BCUT2D eigenvalue weighted by Gasteiger charge is -2.38. The van der Waals surface area contributed by atoms with Gasteiger partial charge < -0.3 is 4.74 Å². The van der Waals surface area contributed by atoms with Crippen molar-refractivity contribution in [3.63, 3.8) is 0 Å². The summed E-state index contributed by atoms with van der Waals surface area (Å²) in [4.78, 5) is 12.0. The van der Waals surface area contributed by atoms with Crippen molar-refractivity contribution in [1.82, 2.24) is 0 Å². The average Bonchev–Trinajstić information content (AvgIpc) is 2.97. The maximum Gasteiger partial charge on any atom is 0.303 e. The van der Waals surface area contributed by atoms with Gasteiger partial charge in [-0.1, -0.05) is 81.4 Å². The van der Waals surface area contributed by atoms with Gasteiger partial charge in [-0.05, 0) is 46.4 Å². The predicted molar refractivity (Wildman–Crippen MR) is 109 cm³/mol. The third-order valence-corrected chi connectivity index (χ3v) is 7.23. The molecule has 0 heterocycles. The van der Waals surface area contributed by atoms with Crippen LogP contribution in [0, 0.1) is 16.7 Å². The Morgan fingerprint density at radius 2 is 1.44 bits per heavy atom. The zero-order valence-electron chi connectivity index (χ0n) is 16.7. The number of ether oxygens (including phenoxy) is 1. The number of hydrogen-bond acceptors (Lipinski definition) is 2. The van der Waals surface area contributed by atoms with Crippen LogP contribution in [-0.2, 0) is 9.53 Å². The minimum absolute atomic E-state index is 0.0342. The molecule has 0 unspecified atom stereocenters. The Balaban J connectivity index is 2.01. The first-order valence-corrected chi connectivity index (χ1v) is 9.88. The molecule has 0 aromatic heterocycles. The number of carbonyl (C=O) groups excluding carboxylic acids is 1. The molecule has 2 aromatic rings. The van der Waals surface area contributed by atoms with Crippen molar-refractivity contribution < 1.29 is 9.53 Å². The van der Waals surface area contributed by atoms with E-state index >= 15 is 0 Å². The Morgan fingerprint density at radius 1 is 0.926 bits per heavy atom. The van der Waals surface area contributed by atoms with Crippen molar-refractivity contribution in [2.75, 3.05) is 0 Å². The fourth-order valence-electron chi connectivity index (χ4n) is 5.44. The quantitative estimate of drug-likeness (QED) is 0.639. The second kappa shape index (κ2) is 6.37. The van der Waals surface area contributed by atoms with Gasteiger partial charge in [0.15, 0.2) is 0 Å². The maximum absolute atomic E-state index is 12.0. The SMILES string of the molecule is CC(=O)O[C@H]1C(=C(c2ccccc2)c2ccccc2)[C@@H]2CC[C@@]1(C)C2(C)C. The second-order valence-electron chi connectivity index (χ2n) is 8.78. The van der Waals surface area contributed by atoms with Gasteiger partial charge in [-0.2, -0.15) is 0 Å². The van der Waals surface area contributed by atoms with Crippen molar-refractivity contribution in [1.29, 1.82) is 0 Å². The summed E-state index contributed by atoms with van der Waals surface area (Å²) < 4.78 is 6.02. The van der Waals surface area contributed by atoms with E-state index in [1.165, 1.54) is 29.2 Å². The Labute approximate surface area is 162 Å². The summed E-state index contributed by atoms with van der Waals surface area (Å²) in [5, 5.41) is 0. The van der Waals surface area contributed by atoms with E-state index in [9.17, 15) is 4.79 Å². The smallest absolute Gasteiger partial charge is 0.303 e. The van der Waals surface area contributed by atoms with E-state index < -0.39 is 0 Å². The van der Waals surface area contributed by atoms with E-state index in [1.54, 1.807) is 0 Å². The van der Waals surface area contributed by atoms with Crippen LogP contribution in [-0.4, -0.2) is 12.1 Å². The molecule has 0 spiro atoms. The molecule has 4 rings (SSSR count). The highest BCUT2D eigenvalue weighted by molar-refractivity contribution is 5.84. The van der Waals surface area contributed by atoms with Crippen LogP contribution in [0.1, 0.15) is 51.7 Å². The standard InChI is InChI=1S/C25H28O2/c1-17(26)27-23-22(20-15-16-25(23,4)24(20,2)3)21(18-11-7-5-8-12-18)19-13-9-6-10-14-19/h5-14,20,23H,15-16H2,1-4H3/t20-,23-,25+/m0/s1. The number of carbonyl (C=O) groups is 1. The molecule has 0 saturated heterocycles. The van der Waals surface area contributed by atoms with Gasteiger partial charge in [0.05, 0.1) is 0 Å². The highest BCUT2D eigenvalue weighted by Gasteiger charge is 2.66. The second-order valence-corrected chi connectivity index (χ2v) is 8.78. The summed E-state index contributed by atoms with van der Waals surface area (Å²) in [6, 6.07) is 21.1. The molecule has 2 fully saturated rings. The zero-order chi connectivity index (χ0) is 19.2. The van der Waals surface area contributed by atoms with Gasteiger partial charge in [0.2, 0.25) is 0 Å². The summed E-state index contributed by atoms with van der Waals surface area (Å²) in [5.41, 5.74) is 5.00. The van der Waals surface area contributed by atoms with Crippen molar-refractivity contribution in [2.45, 2.75) is 46.6 Å². The molecule has 2 bridgehead atoms. The molecule has 3 atom stereocenters. The molecule has 2 aliphatic carbocycles. The minimum atomic E-state index is -0.192. The van der Waals surface area contributed by atoms with E-state index in [1.807, 2.05) is 12.1 Å². The average molecular weight is 360 g/mol. The van der Waals surface area contributed by atoms with E-state index in [0.717, 1.165) is 12.8 Å². The maximum atomic E-state index is 12.0. The third-order valence-electron chi connectivity index (χ3n) is 7.23. The van der Waals surface area contributed by atoms with Gasteiger partial charge in [0.25, 0.3) is 0 Å². The summed E-state index contributed by atoms with van der Waals surface area (Å²) in [7, 11) is 0. The molecular weight excluding hydrogens is 332 g/mol. The monoisotopic (exact) mass is 360 g/mol. The minimum Gasteiger partial charge on any atom is -0.457 e. The van der Waals surface area contributed by atoms with E-state index in [4.69, 9.17) is 4.74 Å². The van der Waals surface area contributed by atoms with Crippen molar-refractivity contribution in [3.8, 4) is 0 Å². The third kappa shape index (κ3) is 2.65. The number of rotatable bonds is 3. The van der Waals surface area contributed by atoms with Crippen LogP contribution in [0.15, 0.2) is 66.2 Å². The van der Waals surface area contributed by atoms with Crippen LogP contribution < -0.4 is 0 Å². The van der Waals surface area contributed by atoms with Gasteiger partial charge in [0, 0.05) is 12.3 Å². The van der Waals surface area contributed by atoms with Crippen molar-refractivity contribution >= 4 is 11.5 Å². The molecule has 27 heavy (non-hydrogen) atoms. The van der Waals surface area contributed by atoms with Crippen LogP contribution in [0.4, 0.5) is 0 Å². The Bertz CT molecular complexity index is 838. The number of esters is 1. The lowest BCUT2D eigenvalue weighted by Crippen LogP contribution is -2.38. The lowest BCUT2D eigenvalue weighted by molar-refractivity contribution is -0.151. The van der Waals surface area contributed by atoms with Gasteiger partial charge >= 0.3 is 5.97 Å². The lowest BCUT2D eigenvalue weighted by atomic mass is 9.70. The number of fused-ring (bicyclic) bond motifs is 2. The van der Waals surface area contributed by atoms with Crippen LogP contribution >= 0.6 is 0 Å². The van der Waals surface area contributed by atoms with E-state index in [2.05, 4.69) is 69.3 Å². The molecule has 0 N–H and O–H groups in total. The van der Waals surface area contributed by atoms with E-state index in [0.29, 0.717) is 5.92 Å². The first kappa shape index (κ1) is 18.0. The Morgan fingerprint density at radius 3 is 1.93 bits per heavy atom. The topological polar surface area (TPSA) is 26.3 Å². The van der Waals surface area contributed by atoms with Crippen LogP contribution in [0.3, 0.4) is 0 Å². The Kier molecular flexibility index (Phi) is 4.25. The Hall–Kier alpha value is -2.35. The molecule has 140 valence electrons. The highest BCUT2D eigenvalue weighted by Crippen LogP contribution is 2.69. The van der Waals surface area contributed by atoms with Gasteiger partial charge in [-0.25, -0.2) is 0 Å². The first-order valence-electron chi connectivity index (χ1n) is 9.88. The first-order chi connectivity index (χ1) is 12.9. The highest BCUT2D eigenvalue weighted by atomic mass is 16.5. The molecule has 2 heteroatoms. The summed E-state index contributed by atoms with van der Waals surface area (Å²) in [5.74, 6) is 0.227. The molecule has 2 nitrogen and oxygen atoms in total. The molecular formula is C25H28O2. The zero-order valence-corrected chi connectivity index (χ0v) is 16.7. The number of benzene rings is 2. The van der Waals surface area contributed by atoms with Gasteiger partial charge in [-0.15, -0.1) is 0 Å². The van der Waals surface area contributed by atoms with E-state index in [-0.39, 0.29) is 22.9 Å². The van der Waals surface area contributed by atoms with Crippen LogP contribution in [0.5, 0.6) is 0 Å². The molecule has 2 aromatic carbocycles. The van der Waals surface area contributed by atoms with Crippen LogP contribution in [0.25, 0.3) is 5.57 Å². The largest absolute Gasteiger partial charge is 0.457 e. The molecule has 0 radical (unpaired) electrons. The normalized spacial score (nSPS) is 28.2. The van der Waals surface area contributed by atoms with Gasteiger partial charge in [-0.3, -0.25) is 4.79 Å². The fraction of sp³-hybridized carbons (Fsp3) is 0.400. The van der Waals surface area contributed by atoms with Crippen molar-refractivity contribution in [2.24, 2.45) is 16.7 Å². The summed E-state index contributed by atoms with van der Waals surface area (Å²) in [6.45, 7) is 8.54. The van der Waals surface area contributed by atoms with Gasteiger partial charge in [0.1, 0.15) is 6.10 Å². The number of hydrogen-bond donors (Lipinski definition) is 0. The molecule has 0 aliphatic heterocycles. The predicted octanol–water partition coefficient (Wildman–Crippen LogP) is 5.88. The fourth-order valence-corrected chi connectivity index (χ4v) is 5.44. The van der Waals surface area contributed by atoms with Crippen LogP contribution in [0.2, 0.25) is 0 Å². The molecule has 0 amide bonds. The summed E-state index contributed by atoms with van der Waals surface area (Å²) >= 11 is 0.